The molecule has 0 radical (unpaired) electrons. The van der Waals surface area contributed by atoms with Crippen molar-refractivity contribution >= 4 is 31.8 Å². The van der Waals surface area contributed by atoms with Gasteiger partial charge < -0.3 is 5.11 Å². The molecule has 0 aromatic heterocycles. The van der Waals surface area contributed by atoms with Gasteiger partial charge in [0.15, 0.2) is 0 Å². The summed E-state index contributed by atoms with van der Waals surface area (Å²) >= 11 is 3.11. The lowest BCUT2D eigenvalue weighted by Gasteiger charge is -1.84. The first-order valence-electron chi connectivity index (χ1n) is 2.05. The minimum absolute atomic E-state index is 0. The number of carbonyl (C=O) groups is 1. The maximum absolute atomic E-state index is 9.74. The van der Waals surface area contributed by atoms with Gasteiger partial charge in [0, 0.05) is 11.8 Å². The molecule has 0 bridgehead atoms. The van der Waals surface area contributed by atoms with Gasteiger partial charge in [-0.2, -0.15) is 9.90 Å². The molecule has 0 aliphatic carbocycles. The minimum atomic E-state index is -0.723. The van der Waals surface area contributed by atoms with Crippen molar-refractivity contribution in [2.45, 2.75) is 12.8 Å². The number of hydrogen-bond acceptors (Lipinski definition) is 1. The highest BCUT2D eigenvalue weighted by molar-refractivity contribution is 9.09. The summed E-state index contributed by atoms with van der Waals surface area (Å²) < 4.78 is 0. The monoisotopic (exact) mass is 200 g/mol. The van der Waals surface area contributed by atoms with Gasteiger partial charge in [-0.1, -0.05) is 15.9 Å². The first-order valence-corrected chi connectivity index (χ1v) is 3.17. The zero-order valence-corrected chi connectivity index (χ0v) is 7.56. The maximum atomic E-state index is 9.74. The molecule has 1 atom stereocenters. The fourth-order valence-corrected chi connectivity index (χ4v) is 0.498. The van der Waals surface area contributed by atoms with E-state index in [0.717, 1.165) is 11.8 Å². The number of alkyl halides is 1. The molecular formula is C4H10BrO2P. The van der Waals surface area contributed by atoms with E-state index >= 15 is 0 Å². The van der Waals surface area contributed by atoms with Crippen LogP contribution in [-0.2, 0) is 4.79 Å². The Kier molecular flexibility index (Phi) is 10.3. The van der Waals surface area contributed by atoms with Crippen LogP contribution in [0, 0.1) is 0 Å². The van der Waals surface area contributed by atoms with E-state index in [1.807, 2.05) is 0 Å². The van der Waals surface area contributed by atoms with Crippen molar-refractivity contribution < 1.29 is 9.90 Å². The van der Waals surface area contributed by atoms with E-state index in [1.54, 1.807) is 0 Å². The van der Waals surface area contributed by atoms with Crippen LogP contribution in [0.1, 0.15) is 12.8 Å². The molecule has 0 aliphatic heterocycles. The van der Waals surface area contributed by atoms with Crippen molar-refractivity contribution in [2.24, 2.45) is 0 Å². The third kappa shape index (κ3) is 9.63. The molecule has 8 heavy (non-hydrogen) atoms. The summed E-state index contributed by atoms with van der Waals surface area (Å²) in [5, 5.41) is 8.80. The molecule has 0 fully saturated rings. The van der Waals surface area contributed by atoms with Crippen LogP contribution in [0.2, 0.25) is 0 Å². The first-order chi connectivity index (χ1) is 3.27. The standard InChI is InChI=1S/C4H7BrO2.H3P/c5-3-1-2-4(6)7;/h1-3H2,(H,6,7);1H3. The van der Waals surface area contributed by atoms with Gasteiger partial charge in [-0.3, -0.25) is 4.79 Å². The molecule has 0 aromatic carbocycles. The van der Waals surface area contributed by atoms with E-state index in [1.165, 1.54) is 0 Å². The lowest BCUT2D eigenvalue weighted by Crippen LogP contribution is -1.93. The Morgan fingerprint density at radius 2 is 2.12 bits per heavy atom. The summed E-state index contributed by atoms with van der Waals surface area (Å²) in [7, 11) is 0. The Bertz CT molecular complexity index is 67.1. The van der Waals surface area contributed by atoms with Crippen molar-refractivity contribution in [1.82, 2.24) is 0 Å². The molecule has 0 aromatic rings. The largest absolute Gasteiger partial charge is 0.481 e. The van der Waals surface area contributed by atoms with Crippen LogP contribution in [-0.4, -0.2) is 16.4 Å². The third-order valence-corrected chi connectivity index (χ3v) is 1.09. The zero-order valence-electron chi connectivity index (χ0n) is 4.56. The number of aliphatic carboxylic acids is 1. The molecule has 1 N–H and O–H groups in total. The Morgan fingerprint density at radius 1 is 1.62 bits per heavy atom. The number of carboxylic acids is 1. The number of halogens is 1. The molecule has 0 spiro atoms. The third-order valence-electron chi connectivity index (χ3n) is 0.524. The summed E-state index contributed by atoms with van der Waals surface area (Å²) in [6, 6.07) is 0. The molecule has 1 unspecified atom stereocenters. The molecule has 0 amide bonds. The van der Waals surface area contributed by atoms with Crippen molar-refractivity contribution in [1.29, 1.82) is 0 Å². The van der Waals surface area contributed by atoms with E-state index in [0.29, 0.717) is 0 Å². The molecule has 4 heteroatoms. The SMILES string of the molecule is O=C(O)CCCBr.P. The van der Waals surface area contributed by atoms with Crippen molar-refractivity contribution in [3.05, 3.63) is 0 Å². The molecule has 50 valence electrons. The van der Waals surface area contributed by atoms with E-state index in [-0.39, 0.29) is 16.3 Å². The molecule has 0 rings (SSSR count). The second kappa shape index (κ2) is 7.38. The molecule has 0 heterocycles. The summed E-state index contributed by atoms with van der Waals surface area (Å²) in [5.74, 6) is -0.723. The lowest BCUT2D eigenvalue weighted by atomic mass is 10.3. The number of carboxylic acid groups (broad SMARTS) is 1. The number of hydrogen-bond donors (Lipinski definition) is 1. The highest BCUT2D eigenvalue weighted by Crippen LogP contribution is 1.91. The van der Waals surface area contributed by atoms with Crippen LogP contribution in [0.4, 0.5) is 0 Å². The molecule has 0 aliphatic rings. The minimum Gasteiger partial charge on any atom is -0.481 e. The van der Waals surface area contributed by atoms with Gasteiger partial charge in [0.2, 0.25) is 0 Å². The van der Waals surface area contributed by atoms with Crippen LogP contribution in [0.25, 0.3) is 0 Å². The molecule has 2 nitrogen and oxygen atoms in total. The van der Waals surface area contributed by atoms with E-state index < -0.39 is 5.97 Å². The summed E-state index contributed by atoms with van der Waals surface area (Å²) in [4.78, 5) is 9.74. The van der Waals surface area contributed by atoms with E-state index in [2.05, 4.69) is 15.9 Å². The highest BCUT2D eigenvalue weighted by Gasteiger charge is 1.91. The molecule has 0 saturated carbocycles. The Morgan fingerprint density at radius 3 is 2.25 bits per heavy atom. The van der Waals surface area contributed by atoms with Crippen molar-refractivity contribution in [3.63, 3.8) is 0 Å². The first kappa shape index (κ1) is 11.2. The average Bonchev–Trinajstić information content (AvgIpc) is 1.61. The predicted octanol–water partition coefficient (Wildman–Crippen LogP) is 1.30. The Labute approximate surface area is 60.4 Å². The summed E-state index contributed by atoms with van der Waals surface area (Å²) in [6.45, 7) is 0. The normalized spacial score (nSPS) is 7.62. The van der Waals surface area contributed by atoms with Crippen LogP contribution >= 0.6 is 25.8 Å². The van der Waals surface area contributed by atoms with Gasteiger partial charge in [-0.15, -0.1) is 0 Å². The Balaban J connectivity index is 0. The van der Waals surface area contributed by atoms with Gasteiger partial charge >= 0.3 is 5.97 Å². The molecular weight excluding hydrogens is 191 g/mol. The van der Waals surface area contributed by atoms with Crippen LogP contribution in [0.5, 0.6) is 0 Å². The average molecular weight is 201 g/mol. The fourth-order valence-electron chi connectivity index (χ4n) is 0.218. The van der Waals surface area contributed by atoms with Gasteiger partial charge in [-0.05, 0) is 6.42 Å². The van der Waals surface area contributed by atoms with Crippen molar-refractivity contribution in [3.8, 4) is 0 Å². The van der Waals surface area contributed by atoms with Crippen LogP contribution < -0.4 is 0 Å². The fraction of sp³-hybridized carbons (Fsp3) is 0.750. The Hall–Kier alpha value is 0.380. The van der Waals surface area contributed by atoms with Crippen molar-refractivity contribution in [2.75, 3.05) is 5.33 Å². The quantitative estimate of drug-likeness (QED) is 0.551. The zero-order chi connectivity index (χ0) is 5.70. The van der Waals surface area contributed by atoms with Gasteiger partial charge in [-0.25, -0.2) is 0 Å². The smallest absolute Gasteiger partial charge is 0.303 e. The van der Waals surface area contributed by atoms with E-state index in [4.69, 9.17) is 5.11 Å². The van der Waals surface area contributed by atoms with Gasteiger partial charge in [0.1, 0.15) is 0 Å². The second-order valence-electron chi connectivity index (χ2n) is 1.19. The lowest BCUT2D eigenvalue weighted by molar-refractivity contribution is -0.137. The van der Waals surface area contributed by atoms with E-state index in [9.17, 15) is 4.79 Å². The molecule has 0 saturated heterocycles. The highest BCUT2D eigenvalue weighted by atomic mass is 79.9. The van der Waals surface area contributed by atoms with Crippen LogP contribution in [0.15, 0.2) is 0 Å². The van der Waals surface area contributed by atoms with Crippen LogP contribution in [0.3, 0.4) is 0 Å². The maximum Gasteiger partial charge on any atom is 0.303 e. The van der Waals surface area contributed by atoms with Gasteiger partial charge in [0.05, 0.1) is 0 Å². The second-order valence-corrected chi connectivity index (χ2v) is 1.98. The number of rotatable bonds is 3. The topological polar surface area (TPSA) is 37.3 Å². The summed E-state index contributed by atoms with van der Waals surface area (Å²) in [6.07, 6.45) is 0.987. The summed E-state index contributed by atoms with van der Waals surface area (Å²) in [5.41, 5.74) is 0. The predicted molar refractivity (Wildman–Crippen MR) is 41.8 cm³/mol. The van der Waals surface area contributed by atoms with Gasteiger partial charge in [0.25, 0.3) is 0 Å².